The Kier molecular flexibility index (Phi) is 10.5. The fourth-order valence-corrected chi connectivity index (χ4v) is 5.03. The van der Waals surface area contributed by atoms with Crippen LogP contribution in [0.2, 0.25) is 0 Å². The van der Waals surface area contributed by atoms with Gasteiger partial charge in [0.2, 0.25) is 5.89 Å². The highest BCUT2D eigenvalue weighted by molar-refractivity contribution is 5.85. The van der Waals surface area contributed by atoms with Gasteiger partial charge in [-0.2, -0.15) is 0 Å². The molecule has 1 aliphatic rings. The zero-order valence-electron chi connectivity index (χ0n) is 20.9. The molecule has 0 bridgehead atoms. The maximum Gasteiger partial charge on any atom is 0.434 e. The predicted molar refractivity (Wildman–Crippen MR) is 149 cm³/mol. The van der Waals surface area contributed by atoms with Gasteiger partial charge in [0, 0.05) is 18.2 Å². The summed E-state index contributed by atoms with van der Waals surface area (Å²) in [6.07, 6.45) is 2.00. The Morgan fingerprint density at radius 3 is 2.50 bits per heavy atom. The lowest BCUT2D eigenvalue weighted by Gasteiger charge is -2.41. The average Bonchev–Trinajstić information content (AvgIpc) is 3.32. The van der Waals surface area contributed by atoms with Crippen molar-refractivity contribution in [2.24, 2.45) is 0 Å². The van der Waals surface area contributed by atoms with Gasteiger partial charge in [-0.15, -0.1) is 29.9 Å². The molecule has 0 aliphatic carbocycles. The van der Waals surface area contributed by atoms with Gasteiger partial charge in [-0.05, 0) is 60.3 Å². The highest BCUT2D eigenvalue weighted by Gasteiger charge is 2.33. The Balaban J connectivity index is 0.00000200. The number of H-pyrrole nitrogens is 1. The summed E-state index contributed by atoms with van der Waals surface area (Å²) in [4.78, 5) is 13.8. The van der Waals surface area contributed by atoms with E-state index in [0.29, 0.717) is 19.0 Å². The van der Waals surface area contributed by atoms with Crippen LogP contribution in [0, 0.1) is 5.82 Å². The standard InChI is InChI=1S/C28H29FN4O3.2ClH/c1-35-25-14-11-21(19-9-12-23(29)13-10-19)16-22(25)17-30-24-8-5-15-33(18-26-31-32-28(34)36-26)27(24)20-6-3-2-4-7-20;;/h2-4,6-7,9-14,16,24,27,30H,5,8,15,17-18H2,1H3,(H,32,34);2*1H/t24-,27-;;/m0../s1. The molecular weight excluding hydrogens is 530 g/mol. The Morgan fingerprint density at radius 2 is 1.82 bits per heavy atom. The van der Waals surface area contributed by atoms with Crippen LogP contribution in [0.4, 0.5) is 4.39 Å². The highest BCUT2D eigenvalue weighted by atomic mass is 35.5. The van der Waals surface area contributed by atoms with E-state index in [0.717, 1.165) is 41.8 Å². The molecular formula is C28H31Cl2FN4O3. The smallest absolute Gasteiger partial charge is 0.434 e. The van der Waals surface area contributed by atoms with Crippen molar-refractivity contribution < 1.29 is 13.5 Å². The van der Waals surface area contributed by atoms with Crippen molar-refractivity contribution in [3.63, 3.8) is 0 Å². The van der Waals surface area contributed by atoms with Gasteiger partial charge in [0.05, 0.1) is 19.7 Å². The number of aromatic nitrogens is 2. The van der Waals surface area contributed by atoms with Crippen LogP contribution in [0.5, 0.6) is 5.75 Å². The van der Waals surface area contributed by atoms with Gasteiger partial charge in [-0.25, -0.2) is 14.3 Å². The van der Waals surface area contributed by atoms with E-state index in [1.165, 1.54) is 17.7 Å². The molecule has 2 heterocycles. The Labute approximate surface area is 233 Å². The molecule has 0 radical (unpaired) electrons. The van der Waals surface area contributed by atoms with Crippen LogP contribution in [-0.2, 0) is 13.1 Å². The molecule has 2 N–H and O–H groups in total. The SMILES string of the molecule is COc1ccc(-c2ccc(F)cc2)cc1CN[C@H]1CCCN(Cc2n[nH]c(=O)o2)[C@H]1c1ccccc1.Cl.Cl. The molecule has 0 spiro atoms. The normalized spacial score (nSPS) is 17.3. The van der Waals surface area contributed by atoms with E-state index in [-0.39, 0.29) is 42.7 Å². The molecule has 7 nitrogen and oxygen atoms in total. The summed E-state index contributed by atoms with van der Waals surface area (Å²) in [5, 5.41) is 10.1. The predicted octanol–water partition coefficient (Wildman–Crippen LogP) is 5.52. The lowest BCUT2D eigenvalue weighted by Crippen LogP contribution is -2.47. The average molecular weight is 561 g/mol. The minimum absolute atomic E-state index is 0. The van der Waals surface area contributed by atoms with Crippen LogP contribution < -0.4 is 15.8 Å². The molecule has 1 aromatic heterocycles. The van der Waals surface area contributed by atoms with Gasteiger partial charge in [0.1, 0.15) is 11.6 Å². The number of likely N-dealkylation sites (tertiary alicyclic amines) is 1. The van der Waals surface area contributed by atoms with Crippen LogP contribution >= 0.6 is 24.8 Å². The van der Waals surface area contributed by atoms with Gasteiger partial charge < -0.3 is 14.5 Å². The van der Waals surface area contributed by atoms with Crippen molar-refractivity contribution in [2.75, 3.05) is 13.7 Å². The number of ether oxygens (including phenoxy) is 1. The molecule has 4 aromatic rings. The van der Waals surface area contributed by atoms with Crippen molar-refractivity contribution in [3.05, 3.63) is 106 Å². The molecule has 38 heavy (non-hydrogen) atoms. The monoisotopic (exact) mass is 560 g/mol. The largest absolute Gasteiger partial charge is 0.496 e. The second-order valence-electron chi connectivity index (χ2n) is 9.00. The van der Waals surface area contributed by atoms with E-state index >= 15 is 0 Å². The fraction of sp³-hybridized carbons (Fsp3) is 0.286. The van der Waals surface area contributed by atoms with Crippen molar-refractivity contribution in [1.82, 2.24) is 20.4 Å². The lowest BCUT2D eigenvalue weighted by molar-refractivity contribution is 0.0931. The number of nitrogens with zero attached hydrogens (tertiary/aromatic N) is 2. The first-order valence-corrected chi connectivity index (χ1v) is 12.1. The number of aromatic amines is 1. The fourth-order valence-electron chi connectivity index (χ4n) is 5.03. The molecule has 10 heteroatoms. The zero-order valence-corrected chi connectivity index (χ0v) is 22.6. The summed E-state index contributed by atoms with van der Waals surface area (Å²) >= 11 is 0. The number of rotatable bonds is 8. The van der Waals surface area contributed by atoms with Crippen LogP contribution in [0.3, 0.4) is 0 Å². The van der Waals surface area contributed by atoms with Crippen LogP contribution in [-0.4, -0.2) is 34.8 Å². The van der Waals surface area contributed by atoms with Crippen LogP contribution in [0.25, 0.3) is 11.1 Å². The minimum Gasteiger partial charge on any atom is -0.496 e. The minimum atomic E-state index is -0.541. The third-order valence-electron chi connectivity index (χ3n) is 6.71. The molecule has 202 valence electrons. The maximum absolute atomic E-state index is 13.4. The summed E-state index contributed by atoms with van der Waals surface area (Å²) in [5.41, 5.74) is 4.18. The maximum atomic E-state index is 13.4. The Morgan fingerprint density at radius 1 is 1.08 bits per heavy atom. The number of hydrogen-bond donors (Lipinski definition) is 2. The number of hydrogen-bond acceptors (Lipinski definition) is 6. The molecule has 0 amide bonds. The first kappa shape index (κ1) is 29.4. The Hall–Kier alpha value is -3.17. The van der Waals surface area contributed by atoms with E-state index in [1.807, 2.05) is 30.3 Å². The van der Waals surface area contributed by atoms with Gasteiger partial charge in [-0.3, -0.25) is 4.90 Å². The molecule has 3 aromatic carbocycles. The summed E-state index contributed by atoms with van der Waals surface area (Å²) in [7, 11) is 1.67. The van der Waals surface area contributed by atoms with Crippen molar-refractivity contribution in [1.29, 1.82) is 0 Å². The molecule has 0 unspecified atom stereocenters. The molecule has 1 fully saturated rings. The summed E-state index contributed by atoms with van der Waals surface area (Å²) < 4.78 is 24.3. The second kappa shape index (κ2) is 13.6. The van der Waals surface area contributed by atoms with E-state index in [4.69, 9.17) is 9.15 Å². The Bertz CT molecular complexity index is 1350. The van der Waals surface area contributed by atoms with Crippen molar-refractivity contribution >= 4 is 24.8 Å². The van der Waals surface area contributed by atoms with Gasteiger partial charge in [0.15, 0.2) is 0 Å². The number of piperidine rings is 1. The quantitative estimate of drug-likeness (QED) is 0.295. The van der Waals surface area contributed by atoms with Crippen LogP contribution in [0.1, 0.15) is 35.9 Å². The first-order valence-electron chi connectivity index (χ1n) is 12.1. The van der Waals surface area contributed by atoms with Crippen LogP contribution in [0.15, 0.2) is 82.0 Å². The van der Waals surface area contributed by atoms with Crippen molar-refractivity contribution in [3.8, 4) is 16.9 Å². The third-order valence-corrected chi connectivity index (χ3v) is 6.71. The second-order valence-corrected chi connectivity index (χ2v) is 9.00. The molecule has 2 atom stereocenters. The van der Waals surface area contributed by atoms with Gasteiger partial charge in [-0.1, -0.05) is 48.5 Å². The number of benzene rings is 3. The first-order chi connectivity index (χ1) is 17.6. The van der Waals surface area contributed by atoms with Crippen molar-refractivity contribution in [2.45, 2.75) is 38.0 Å². The summed E-state index contributed by atoms with van der Waals surface area (Å²) in [6, 6.07) is 23.2. The number of methoxy groups -OCH3 is 1. The summed E-state index contributed by atoms with van der Waals surface area (Å²) in [6.45, 7) is 1.93. The molecule has 1 aliphatic heterocycles. The zero-order chi connectivity index (χ0) is 24.9. The van der Waals surface area contributed by atoms with E-state index in [9.17, 15) is 9.18 Å². The highest BCUT2D eigenvalue weighted by Crippen LogP contribution is 2.33. The summed E-state index contributed by atoms with van der Waals surface area (Å²) in [5.74, 6) is 0.393. The topological polar surface area (TPSA) is 83.4 Å². The van der Waals surface area contributed by atoms with Gasteiger partial charge >= 0.3 is 5.76 Å². The number of nitrogens with one attached hydrogen (secondary N) is 2. The molecule has 0 saturated carbocycles. The third kappa shape index (κ3) is 6.82. The van der Waals surface area contributed by atoms with E-state index in [1.54, 1.807) is 19.2 Å². The van der Waals surface area contributed by atoms with E-state index in [2.05, 4.69) is 38.6 Å². The van der Waals surface area contributed by atoms with E-state index < -0.39 is 5.76 Å². The lowest BCUT2D eigenvalue weighted by atomic mass is 9.90. The molecule has 5 rings (SSSR count). The number of halogens is 3. The van der Waals surface area contributed by atoms with Gasteiger partial charge in [0.25, 0.3) is 0 Å². The molecule has 1 saturated heterocycles.